The Morgan fingerprint density at radius 3 is 2.56 bits per heavy atom. The Kier molecular flexibility index (Phi) is 6.01. The van der Waals surface area contributed by atoms with E-state index in [0.29, 0.717) is 6.07 Å². The van der Waals surface area contributed by atoms with Gasteiger partial charge in [-0.25, -0.2) is 4.68 Å². The van der Waals surface area contributed by atoms with Crippen LogP contribution in [0.5, 0.6) is 11.5 Å². The van der Waals surface area contributed by atoms with E-state index in [0.717, 1.165) is 23.1 Å². The van der Waals surface area contributed by atoms with E-state index in [2.05, 4.69) is 14.6 Å². The highest BCUT2D eigenvalue weighted by atomic mass is 19.4. The number of aromatic nitrogens is 2. The molecule has 0 aliphatic carbocycles. The van der Waals surface area contributed by atoms with Crippen LogP contribution in [-0.4, -0.2) is 28.5 Å². The highest BCUT2D eigenvalue weighted by Gasteiger charge is 2.43. The van der Waals surface area contributed by atoms with Gasteiger partial charge >= 0.3 is 12.5 Å². The molecule has 14 heteroatoms. The Labute approximate surface area is 215 Å². The van der Waals surface area contributed by atoms with Crippen molar-refractivity contribution in [2.75, 3.05) is 11.4 Å². The smallest absolute Gasteiger partial charge is 0.462 e. The molecule has 9 nitrogen and oxygen atoms in total. The topological polar surface area (TPSA) is 111 Å². The predicted molar refractivity (Wildman–Crippen MR) is 124 cm³/mol. The van der Waals surface area contributed by atoms with Crippen LogP contribution in [0.1, 0.15) is 18.1 Å². The summed E-state index contributed by atoms with van der Waals surface area (Å²) in [6.07, 6.45) is -7.49. The molecule has 4 aromatic rings. The highest BCUT2D eigenvalue weighted by molar-refractivity contribution is 5.94. The second-order valence-electron chi connectivity index (χ2n) is 8.32. The molecule has 5 rings (SSSR count). The molecule has 39 heavy (non-hydrogen) atoms. The molecule has 2 aromatic heterocycles. The van der Waals surface area contributed by atoms with Gasteiger partial charge in [0.25, 0.3) is 5.56 Å². The van der Waals surface area contributed by atoms with Crippen LogP contribution in [-0.2, 0) is 17.5 Å². The number of alkyl halides is 5. The molecule has 0 bridgehead atoms. The molecule has 0 atom stereocenters. The molecular weight excluding hydrogens is 531 g/mol. The van der Waals surface area contributed by atoms with Gasteiger partial charge in [0.2, 0.25) is 5.91 Å². The molecule has 0 unspecified atom stereocenters. The second kappa shape index (κ2) is 9.12. The number of carbonyl (C=O) groups is 1. The minimum Gasteiger partial charge on any atom is -0.462 e. The third-order valence-electron chi connectivity index (χ3n) is 5.83. The van der Waals surface area contributed by atoms with Gasteiger partial charge in [-0.05, 0) is 43.3 Å². The van der Waals surface area contributed by atoms with Gasteiger partial charge < -0.3 is 18.8 Å². The maximum Gasteiger partial charge on any atom is 0.586 e. The second-order valence-corrected chi connectivity index (χ2v) is 8.32. The molecule has 0 radical (unpaired) electrons. The lowest BCUT2D eigenvalue weighted by Gasteiger charge is -2.21. The fourth-order valence-electron chi connectivity index (χ4n) is 4.12. The normalized spacial score (nSPS) is 13.9. The molecule has 3 heterocycles. The summed E-state index contributed by atoms with van der Waals surface area (Å²) in [5, 5.41) is 13.3. The van der Waals surface area contributed by atoms with Crippen LogP contribution in [0.4, 0.5) is 27.6 Å². The summed E-state index contributed by atoms with van der Waals surface area (Å²) in [5.74, 6) is -1.20. The van der Waals surface area contributed by atoms with Crippen molar-refractivity contribution < 1.29 is 40.6 Å². The van der Waals surface area contributed by atoms with Crippen molar-refractivity contribution >= 4 is 22.6 Å². The van der Waals surface area contributed by atoms with Gasteiger partial charge in [-0.1, -0.05) is 0 Å². The molecule has 200 valence electrons. The van der Waals surface area contributed by atoms with Gasteiger partial charge in [0.15, 0.2) is 17.1 Å². The maximum absolute atomic E-state index is 13.5. The fraction of sp³-hybridized carbons (Fsp3) is 0.200. The van der Waals surface area contributed by atoms with E-state index < -0.39 is 36.0 Å². The largest absolute Gasteiger partial charge is 0.586 e. The highest BCUT2D eigenvalue weighted by Crippen LogP contribution is 2.43. The lowest BCUT2D eigenvalue weighted by molar-refractivity contribution is -0.286. The molecule has 0 fully saturated rings. The number of likely N-dealkylation sites (N-methyl/N-ethyl adjacent to an activating group) is 1. The van der Waals surface area contributed by atoms with Crippen LogP contribution in [0.2, 0.25) is 0 Å². The summed E-state index contributed by atoms with van der Waals surface area (Å²) in [5.41, 5.74) is -2.50. The lowest BCUT2D eigenvalue weighted by atomic mass is 10.0. The van der Waals surface area contributed by atoms with Crippen molar-refractivity contribution in [3.05, 3.63) is 70.2 Å². The number of nitriles is 1. The zero-order chi connectivity index (χ0) is 28.1. The monoisotopic (exact) mass is 546 g/mol. The van der Waals surface area contributed by atoms with Gasteiger partial charge in [-0.15, -0.1) is 8.78 Å². The number of hydrogen-bond acceptors (Lipinski definition) is 7. The zero-order valence-corrected chi connectivity index (χ0v) is 19.8. The molecule has 1 aliphatic heterocycles. The number of benzene rings is 2. The van der Waals surface area contributed by atoms with Crippen LogP contribution in [0.3, 0.4) is 0 Å². The van der Waals surface area contributed by atoms with Crippen molar-refractivity contribution in [3.8, 4) is 28.8 Å². The van der Waals surface area contributed by atoms with Crippen LogP contribution in [0, 0.1) is 11.3 Å². The van der Waals surface area contributed by atoms with E-state index in [1.807, 2.05) is 0 Å². The molecule has 0 spiro atoms. The molecule has 0 saturated heterocycles. The summed E-state index contributed by atoms with van der Waals surface area (Å²) in [6, 6.07) is 9.22. The van der Waals surface area contributed by atoms with Crippen molar-refractivity contribution in [2.24, 2.45) is 0 Å². The minimum atomic E-state index is -4.77. The lowest BCUT2D eigenvalue weighted by Crippen LogP contribution is -2.37. The van der Waals surface area contributed by atoms with Crippen LogP contribution in [0.25, 0.3) is 22.2 Å². The molecule has 1 aliphatic rings. The van der Waals surface area contributed by atoms with Gasteiger partial charge in [-0.3, -0.25) is 9.59 Å². The molecule has 0 N–H and O–H groups in total. The Hall–Kier alpha value is -4.93. The third-order valence-corrected chi connectivity index (χ3v) is 5.83. The first kappa shape index (κ1) is 25.7. The number of fused-ring (bicyclic) bond motifs is 2. The number of carbonyl (C=O) groups excluding carboxylic acids is 1. The number of rotatable bonds is 5. The number of nitrogens with zero attached hydrogens (tertiary/aromatic N) is 4. The fourth-order valence-corrected chi connectivity index (χ4v) is 4.12. The standard InChI is InChI=1S/C25H15F5N4O5/c1-2-33(16-3-4-18-19(10-16)39-25(29,30)38-18)20(35)12-34-23(36)17-5-6-37-22(17)21(32-34)14-7-13(11-31)8-15(9-14)24(26,27)28/h3-10H,2,12H2,1H3. The average molecular weight is 546 g/mol. The molecule has 2 aromatic carbocycles. The number of halogens is 5. The first-order valence-corrected chi connectivity index (χ1v) is 11.2. The van der Waals surface area contributed by atoms with Crippen molar-refractivity contribution in [1.29, 1.82) is 5.26 Å². The van der Waals surface area contributed by atoms with E-state index in [1.165, 1.54) is 29.2 Å². The molecule has 1 amide bonds. The Bertz CT molecular complexity index is 1720. The third kappa shape index (κ3) is 4.74. The Balaban J connectivity index is 1.55. The van der Waals surface area contributed by atoms with Crippen molar-refractivity contribution in [3.63, 3.8) is 0 Å². The van der Waals surface area contributed by atoms with Gasteiger partial charge in [0.05, 0.1) is 28.8 Å². The van der Waals surface area contributed by atoms with Gasteiger partial charge in [0.1, 0.15) is 12.2 Å². The Morgan fingerprint density at radius 1 is 1.13 bits per heavy atom. The average Bonchev–Trinajstić information content (AvgIpc) is 3.48. The van der Waals surface area contributed by atoms with E-state index >= 15 is 0 Å². The van der Waals surface area contributed by atoms with Gasteiger partial charge in [-0.2, -0.15) is 23.5 Å². The summed E-state index contributed by atoms with van der Waals surface area (Å²) < 4.78 is 82.1. The number of amides is 1. The number of ether oxygens (including phenoxy) is 2. The molecule has 0 saturated carbocycles. The summed E-state index contributed by atoms with van der Waals surface area (Å²) >= 11 is 0. The van der Waals surface area contributed by atoms with Crippen LogP contribution < -0.4 is 19.9 Å². The summed E-state index contributed by atoms with van der Waals surface area (Å²) in [4.78, 5) is 27.4. The van der Waals surface area contributed by atoms with Crippen molar-refractivity contribution in [1.82, 2.24) is 9.78 Å². The van der Waals surface area contributed by atoms with Crippen LogP contribution >= 0.6 is 0 Å². The molecular formula is C25H15F5N4O5. The number of anilines is 1. The predicted octanol–water partition coefficient (Wildman–Crippen LogP) is 4.92. The van der Waals surface area contributed by atoms with E-state index in [9.17, 15) is 36.8 Å². The zero-order valence-electron chi connectivity index (χ0n) is 19.8. The van der Waals surface area contributed by atoms with E-state index in [1.54, 1.807) is 13.0 Å². The number of furan rings is 1. The minimum absolute atomic E-state index is 0.0583. The quantitative estimate of drug-likeness (QED) is 0.327. The first-order valence-electron chi connectivity index (χ1n) is 11.2. The summed E-state index contributed by atoms with van der Waals surface area (Å²) in [7, 11) is 0. The maximum atomic E-state index is 13.5. The first-order chi connectivity index (χ1) is 18.4. The van der Waals surface area contributed by atoms with Gasteiger partial charge in [0, 0.05) is 23.9 Å². The Morgan fingerprint density at radius 2 is 1.87 bits per heavy atom. The van der Waals surface area contributed by atoms with E-state index in [4.69, 9.17) is 4.42 Å². The SMILES string of the molecule is CCN(C(=O)Cn1nc(-c2cc(C#N)cc(C(F)(F)F)c2)c2occc2c1=O)c1ccc2c(c1)OC(F)(F)O2. The van der Waals surface area contributed by atoms with E-state index in [-0.39, 0.29) is 51.5 Å². The van der Waals surface area contributed by atoms with Crippen molar-refractivity contribution in [2.45, 2.75) is 25.9 Å². The summed E-state index contributed by atoms with van der Waals surface area (Å²) in [6.45, 7) is 1.00. The number of hydrogen-bond donors (Lipinski definition) is 0. The van der Waals surface area contributed by atoms with Crippen LogP contribution in [0.15, 0.2) is 57.9 Å².